The molecule has 0 unspecified atom stereocenters. The third-order valence-corrected chi connectivity index (χ3v) is 8.51. The van der Waals surface area contributed by atoms with Crippen LogP contribution >= 0.6 is 0 Å². The van der Waals surface area contributed by atoms with Gasteiger partial charge in [-0.25, -0.2) is 0 Å². The van der Waals surface area contributed by atoms with Gasteiger partial charge in [0.05, 0.1) is 5.52 Å². The van der Waals surface area contributed by atoms with Crippen LogP contribution in [-0.2, 0) is 0 Å². The van der Waals surface area contributed by atoms with Gasteiger partial charge in [-0.3, -0.25) is 0 Å². The Morgan fingerprint density at radius 3 is 1.85 bits per heavy atom. The maximum atomic E-state index is 3.76. The molecule has 39 heavy (non-hydrogen) atoms. The summed E-state index contributed by atoms with van der Waals surface area (Å²) in [4.78, 5) is 3.76. The van der Waals surface area contributed by atoms with Crippen molar-refractivity contribution in [1.29, 1.82) is 0 Å². The highest BCUT2D eigenvalue weighted by Crippen LogP contribution is 2.41. The lowest BCUT2D eigenvalue weighted by Gasteiger charge is -2.15. The first-order chi connectivity index (χ1) is 19.3. The molecule has 1 aromatic heterocycles. The van der Waals surface area contributed by atoms with Crippen LogP contribution in [0.5, 0.6) is 0 Å². The molecule has 1 heteroatoms. The van der Waals surface area contributed by atoms with Gasteiger partial charge in [-0.1, -0.05) is 115 Å². The van der Waals surface area contributed by atoms with Crippen molar-refractivity contribution in [2.75, 3.05) is 0 Å². The van der Waals surface area contributed by atoms with Gasteiger partial charge < -0.3 is 4.98 Å². The largest absolute Gasteiger partial charge is 0.354 e. The van der Waals surface area contributed by atoms with Gasteiger partial charge in [0.15, 0.2) is 0 Å². The normalized spacial score (nSPS) is 12.1. The Morgan fingerprint density at radius 2 is 1.00 bits per heavy atom. The van der Waals surface area contributed by atoms with Crippen LogP contribution in [0, 0.1) is 0 Å². The van der Waals surface area contributed by atoms with Crippen LogP contribution in [0.2, 0.25) is 0 Å². The van der Waals surface area contributed by atoms with Crippen molar-refractivity contribution >= 4 is 64.9 Å². The fourth-order valence-electron chi connectivity index (χ4n) is 6.69. The number of benzene rings is 8. The van der Waals surface area contributed by atoms with E-state index in [0.29, 0.717) is 0 Å². The number of hydrogen-bond acceptors (Lipinski definition) is 0. The summed E-state index contributed by atoms with van der Waals surface area (Å²) in [6.07, 6.45) is 0. The van der Waals surface area contributed by atoms with Gasteiger partial charge in [-0.15, -0.1) is 0 Å². The summed E-state index contributed by atoms with van der Waals surface area (Å²) < 4.78 is 0. The molecule has 1 N–H and O–H groups in total. The summed E-state index contributed by atoms with van der Waals surface area (Å²) in [7, 11) is 0. The van der Waals surface area contributed by atoms with Crippen LogP contribution in [0.25, 0.3) is 87.1 Å². The second kappa shape index (κ2) is 7.69. The summed E-state index contributed by atoms with van der Waals surface area (Å²) in [5, 5.41) is 13.0. The van der Waals surface area contributed by atoms with E-state index in [1.54, 1.807) is 0 Å². The highest BCUT2D eigenvalue weighted by molar-refractivity contribution is 6.25. The monoisotopic (exact) mass is 493 g/mol. The first-order valence-corrected chi connectivity index (χ1v) is 13.5. The van der Waals surface area contributed by atoms with E-state index in [9.17, 15) is 0 Å². The molecule has 0 aliphatic carbocycles. The summed E-state index contributed by atoms with van der Waals surface area (Å²) in [6, 6.07) is 49.1. The number of para-hydroxylation sites is 1. The number of aromatic nitrogens is 1. The van der Waals surface area contributed by atoms with Gasteiger partial charge in [0, 0.05) is 21.9 Å². The van der Waals surface area contributed by atoms with Crippen molar-refractivity contribution < 1.29 is 0 Å². The number of hydrogen-bond donors (Lipinski definition) is 1. The predicted molar refractivity (Wildman–Crippen MR) is 168 cm³/mol. The SMILES string of the molecule is c1cc(-c2ccc3ccc4cccc5ccc2c3c45)cc(-c2cccc3c2[nH]c2cc4ccccc4cc23)c1. The first-order valence-electron chi connectivity index (χ1n) is 13.5. The second-order valence-corrected chi connectivity index (χ2v) is 10.6. The third-order valence-electron chi connectivity index (χ3n) is 8.51. The first kappa shape index (κ1) is 20.9. The van der Waals surface area contributed by atoms with E-state index in [1.165, 1.54) is 87.1 Å². The summed E-state index contributed by atoms with van der Waals surface area (Å²) in [5.41, 5.74) is 7.34. The van der Waals surface area contributed by atoms with Crippen LogP contribution in [0.15, 0.2) is 133 Å². The lowest BCUT2D eigenvalue weighted by Crippen LogP contribution is -1.88. The molecule has 8 aromatic carbocycles. The molecule has 0 aliphatic rings. The van der Waals surface area contributed by atoms with Gasteiger partial charge in [-0.05, 0) is 78.0 Å². The van der Waals surface area contributed by atoms with E-state index >= 15 is 0 Å². The zero-order valence-electron chi connectivity index (χ0n) is 21.2. The molecule has 1 nitrogen and oxygen atoms in total. The van der Waals surface area contributed by atoms with Crippen molar-refractivity contribution in [3.63, 3.8) is 0 Å². The number of rotatable bonds is 2. The molecule has 0 saturated carbocycles. The second-order valence-electron chi connectivity index (χ2n) is 10.6. The van der Waals surface area contributed by atoms with Crippen molar-refractivity contribution in [3.05, 3.63) is 133 Å². The molecular formula is C38H23N. The van der Waals surface area contributed by atoms with Crippen molar-refractivity contribution in [2.45, 2.75) is 0 Å². The summed E-state index contributed by atoms with van der Waals surface area (Å²) >= 11 is 0. The molecule has 0 aliphatic heterocycles. The summed E-state index contributed by atoms with van der Waals surface area (Å²) in [6.45, 7) is 0. The van der Waals surface area contributed by atoms with Gasteiger partial charge in [0.2, 0.25) is 0 Å². The van der Waals surface area contributed by atoms with Crippen molar-refractivity contribution in [3.8, 4) is 22.3 Å². The van der Waals surface area contributed by atoms with Crippen LogP contribution in [0.1, 0.15) is 0 Å². The molecule has 0 saturated heterocycles. The Bertz CT molecular complexity index is 2370. The van der Waals surface area contributed by atoms with Crippen LogP contribution in [0.3, 0.4) is 0 Å². The molecule has 0 fully saturated rings. The van der Waals surface area contributed by atoms with E-state index in [-0.39, 0.29) is 0 Å². The summed E-state index contributed by atoms with van der Waals surface area (Å²) in [5.74, 6) is 0. The van der Waals surface area contributed by atoms with Crippen LogP contribution in [-0.4, -0.2) is 4.98 Å². The number of nitrogens with one attached hydrogen (secondary N) is 1. The molecule has 0 bridgehead atoms. The molecule has 0 atom stereocenters. The number of H-pyrrole nitrogens is 1. The minimum absolute atomic E-state index is 1.18. The highest BCUT2D eigenvalue weighted by atomic mass is 14.7. The lowest BCUT2D eigenvalue weighted by molar-refractivity contribution is 1.54. The minimum atomic E-state index is 1.18. The minimum Gasteiger partial charge on any atom is -0.354 e. The van der Waals surface area contributed by atoms with E-state index in [2.05, 4.69) is 138 Å². The maximum Gasteiger partial charge on any atom is 0.0544 e. The molecular weight excluding hydrogens is 470 g/mol. The Balaban J connectivity index is 1.27. The van der Waals surface area contributed by atoms with E-state index in [0.717, 1.165) is 0 Å². The highest BCUT2D eigenvalue weighted by Gasteiger charge is 2.14. The molecule has 0 radical (unpaired) electrons. The standard InChI is InChI=1S/C38H23N/c1-2-7-27-22-35-34(21-26(27)6-1)33-13-5-12-31(38(33)39-35)29-11-4-10-28(20-29)30-18-16-25-15-14-23-8-3-9-24-17-19-32(30)37(25)36(23)24/h1-22,39H. The zero-order chi connectivity index (χ0) is 25.5. The Labute approximate surface area is 225 Å². The van der Waals surface area contributed by atoms with Crippen molar-refractivity contribution in [2.24, 2.45) is 0 Å². The number of aromatic amines is 1. The van der Waals surface area contributed by atoms with Gasteiger partial charge in [0.25, 0.3) is 0 Å². The zero-order valence-corrected chi connectivity index (χ0v) is 21.2. The Hall–Kier alpha value is -5.14. The Kier molecular flexibility index (Phi) is 4.11. The lowest BCUT2D eigenvalue weighted by atomic mass is 9.89. The molecule has 9 aromatic rings. The third kappa shape index (κ3) is 2.96. The average Bonchev–Trinajstić information content (AvgIpc) is 3.36. The fraction of sp³-hybridized carbons (Fsp3) is 0. The van der Waals surface area contributed by atoms with E-state index in [1.807, 2.05) is 0 Å². The van der Waals surface area contributed by atoms with E-state index < -0.39 is 0 Å². The van der Waals surface area contributed by atoms with Crippen LogP contribution in [0.4, 0.5) is 0 Å². The van der Waals surface area contributed by atoms with Gasteiger partial charge in [0.1, 0.15) is 0 Å². The smallest absolute Gasteiger partial charge is 0.0544 e. The molecule has 0 spiro atoms. The van der Waals surface area contributed by atoms with Crippen LogP contribution < -0.4 is 0 Å². The van der Waals surface area contributed by atoms with Gasteiger partial charge in [-0.2, -0.15) is 0 Å². The maximum absolute atomic E-state index is 3.76. The topological polar surface area (TPSA) is 15.8 Å². The molecule has 180 valence electrons. The number of fused-ring (bicyclic) bond motifs is 4. The molecule has 1 heterocycles. The predicted octanol–water partition coefficient (Wildman–Crippen LogP) is 10.7. The quantitative estimate of drug-likeness (QED) is 0.231. The Morgan fingerprint density at radius 1 is 0.359 bits per heavy atom. The molecule has 0 amide bonds. The average molecular weight is 494 g/mol. The van der Waals surface area contributed by atoms with Gasteiger partial charge >= 0.3 is 0 Å². The van der Waals surface area contributed by atoms with Crippen molar-refractivity contribution in [1.82, 2.24) is 4.98 Å². The van der Waals surface area contributed by atoms with E-state index in [4.69, 9.17) is 0 Å². The fourth-order valence-corrected chi connectivity index (χ4v) is 6.69. The molecule has 9 rings (SSSR count).